The minimum absolute atomic E-state index is 0.0275. The Hall–Kier alpha value is -0.160. The van der Waals surface area contributed by atoms with Crippen molar-refractivity contribution in [2.45, 2.75) is 51.5 Å². The van der Waals surface area contributed by atoms with Gasteiger partial charge in [-0.25, -0.2) is 0 Å². The van der Waals surface area contributed by atoms with Crippen LogP contribution in [0.1, 0.15) is 20.8 Å². The van der Waals surface area contributed by atoms with E-state index in [1.54, 1.807) is 0 Å². The van der Waals surface area contributed by atoms with E-state index >= 15 is 0 Å². The van der Waals surface area contributed by atoms with E-state index in [9.17, 15) is 0 Å². The molecule has 0 spiro atoms. The molecular formula is C10H18O4. The largest absolute Gasteiger partial charge is 0.390 e. The van der Waals surface area contributed by atoms with Crippen molar-refractivity contribution in [3.8, 4) is 0 Å². The van der Waals surface area contributed by atoms with Gasteiger partial charge in [0.05, 0.1) is 24.9 Å². The van der Waals surface area contributed by atoms with E-state index in [1.165, 1.54) is 0 Å². The molecule has 4 nitrogen and oxygen atoms in total. The number of aliphatic hydroxyl groups excluding tert-OH is 1. The van der Waals surface area contributed by atoms with Gasteiger partial charge in [-0.1, -0.05) is 6.92 Å². The van der Waals surface area contributed by atoms with E-state index in [-0.39, 0.29) is 36.6 Å². The third-order valence-electron chi connectivity index (χ3n) is 3.10. The molecule has 1 N–H and O–H groups in total. The Kier molecular flexibility index (Phi) is 2.45. The summed E-state index contributed by atoms with van der Waals surface area (Å²) in [5.74, 6) is 0.155. The van der Waals surface area contributed by atoms with Crippen LogP contribution in [0.15, 0.2) is 0 Å². The molecule has 0 radical (unpaired) electrons. The second kappa shape index (κ2) is 3.77. The Morgan fingerprint density at radius 1 is 1.29 bits per heavy atom. The molecule has 14 heavy (non-hydrogen) atoms. The number of hydrogen-bond donors (Lipinski definition) is 1. The molecule has 2 heterocycles. The summed E-state index contributed by atoms with van der Waals surface area (Å²) >= 11 is 0. The van der Waals surface area contributed by atoms with Gasteiger partial charge in [-0.3, -0.25) is 0 Å². The number of rotatable bonds is 1. The first kappa shape index (κ1) is 9.09. The summed E-state index contributed by atoms with van der Waals surface area (Å²) in [6.45, 7) is 6.39. The van der Waals surface area contributed by atoms with Crippen molar-refractivity contribution in [1.29, 1.82) is 1.43 Å². The van der Waals surface area contributed by atoms with Gasteiger partial charge in [-0.2, -0.15) is 0 Å². The smallest absolute Gasteiger partial charge is 0.211 e. The van der Waals surface area contributed by atoms with Crippen LogP contribution in [0.4, 0.5) is 0 Å². The van der Waals surface area contributed by atoms with Gasteiger partial charge < -0.3 is 19.3 Å². The van der Waals surface area contributed by atoms with Crippen molar-refractivity contribution in [2.75, 3.05) is 6.61 Å². The Balaban J connectivity index is 2.09. The normalized spacial score (nSPS) is 54.9. The highest BCUT2D eigenvalue weighted by molar-refractivity contribution is 4.90. The van der Waals surface area contributed by atoms with Crippen LogP contribution in [0.25, 0.3) is 0 Å². The van der Waals surface area contributed by atoms with Crippen molar-refractivity contribution in [2.24, 2.45) is 5.92 Å². The standard InChI is InChI=1S/C10H18O4/c1-5-9(11)6(2)13-8-4-12-7(3)14-10(5)8/h5-11H,4H2,1-3H3/t5-,6-,7?,8?,9?,10+/m1/s1/i11T. The summed E-state index contributed by atoms with van der Waals surface area (Å²) < 4.78 is 23.8. The summed E-state index contributed by atoms with van der Waals surface area (Å²) in [6, 6.07) is 0. The highest BCUT2D eigenvalue weighted by Gasteiger charge is 2.44. The number of fused-ring (bicyclic) bond motifs is 1. The predicted octanol–water partition coefficient (Wildman–Crippen LogP) is 0.532. The van der Waals surface area contributed by atoms with Gasteiger partial charge in [-0.15, -0.1) is 0 Å². The maximum Gasteiger partial charge on any atom is 0.211 e. The lowest BCUT2D eigenvalue weighted by Crippen LogP contribution is -2.58. The maximum absolute atomic E-state index is 7.05. The molecule has 2 rings (SSSR count). The number of ether oxygens (including phenoxy) is 3. The fraction of sp³-hybridized carbons (Fsp3) is 1.00. The molecule has 0 aliphatic carbocycles. The summed E-state index contributed by atoms with van der Waals surface area (Å²) in [5.41, 5.74) is 0. The van der Waals surface area contributed by atoms with Crippen LogP contribution in [0.2, 0.25) is 0 Å². The van der Waals surface area contributed by atoms with Gasteiger partial charge in [0.1, 0.15) is 6.10 Å². The molecule has 6 atom stereocenters. The zero-order valence-corrected chi connectivity index (χ0v) is 8.80. The minimum atomic E-state index is -0.225. The topological polar surface area (TPSA) is 47.9 Å². The zero-order chi connectivity index (χ0) is 11.0. The minimum Gasteiger partial charge on any atom is -0.390 e. The summed E-state index contributed by atoms with van der Waals surface area (Å²) in [4.78, 5) is 0. The summed E-state index contributed by atoms with van der Waals surface area (Å²) in [5, 5.41) is 4.70. The molecule has 2 aliphatic heterocycles. The lowest BCUT2D eigenvalue weighted by atomic mass is 9.88. The Labute approximate surface area is 85.6 Å². The fourth-order valence-corrected chi connectivity index (χ4v) is 2.22. The molecule has 2 saturated heterocycles. The van der Waals surface area contributed by atoms with Crippen molar-refractivity contribution in [3.63, 3.8) is 0 Å². The Morgan fingerprint density at radius 3 is 2.79 bits per heavy atom. The third kappa shape index (κ3) is 1.67. The molecule has 0 aromatic heterocycles. The van der Waals surface area contributed by atoms with E-state index in [4.69, 9.17) is 20.8 Å². The van der Waals surface area contributed by atoms with E-state index in [2.05, 4.69) is 0 Å². The van der Waals surface area contributed by atoms with E-state index in [0.717, 1.165) is 0 Å². The van der Waals surface area contributed by atoms with Crippen LogP contribution in [-0.2, 0) is 14.2 Å². The maximum atomic E-state index is 7.05. The van der Waals surface area contributed by atoms with E-state index < -0.39 is 0 Å². The predicted molar refractivity (Wildman–Crippen MR) is 49.8 cm³/mol. The first-order valence-corrected chi connectivity index (χ1v) is 5.18. The first-order chi connectivity index (χ1) is 7.13. The summed E-state index contributed by atoms with van der Waals surface area (Å²) in [7, 11) is 0. The lowest BCUT2D eigenvalue weighted by Gasteiger charge is -2.46. The molecule has 2 fully saturated rings. The molecule has 0 aromatic rings. The lowest BCUT2D eigenvalue weighted by molar-refractivity contribution is -0.306. The van der Waals surface area contributed by atoms with Crippen molar-refractivity contribution in [3.05, 3.63) is 0 Å². The van der Waals surface area contributed by atoms with E-state index in [1.807, 2.05) is 20.8 Å². The van der Waals surface area contributed by atoms with Crippen molar-refractivity contribution >= 4 is 0 Å². The number of aliphatic hydroxyl groups is 1. The zero-order valence-electron chi connectivity index (χ0n) is 9.80. The average molecular weight is 204 g/mol. The van der Waals surface area contributed by atoms with Gasteiger partial charge >= 0.3 is 0 Å². The van der Waals surface area contributed by atoms with E-state index in [0.29, 0.717) is 6.61 Å². The van der Waals surface area contributed by atoms with Gasteiger partial charge in [0.25, 0.3) is 0 Å². The number of hydrogen-bond acceptors (Lipinski definition) is 4. The SMILES string of the molecule is [3H]OC1[C@@H](C)[C@@H]2OC(C)OCC2O[C@@H]1C. The molecule has 0 amide bonds. The van der Waals surface area contributed by atoms with Crippen LogP contribution in [0, 0.1) is 5.92 Å². The summed E-state index contributed by atoms with van der Waals surface area (Å²) in [6.07, 6.45) is -0.564. The molecule has 2 aliphatic rings. The van der Waals surface area contributed by atoms with Gasteiger partial charge in [-0.05, 0) is 13.8 Å². The Morgan fingerprint density at radius 2 is 2.07 bits per heavy atom. The fourth-order valence-electron chi connectivity index (χ4n) is 2.22. The van der Waals surface area contributed by atoms with Crippen molar-refractivity contribution in [1.82, 2.24) is 0 Å². The molecule has 82 valence electrons. The second-order valence-corrected chi connectivity index (χ2v) is 4.21. The quantitative estimate of drug-likeness (QED) is 0.677. The van der Waals surface area contributed by atoms with Crippen LogP contribution in [-0.4, -0.2) is 43.9 Å². The van der Waals surface area contributed by atoms with Gasteiger partial charge in [0, 0.05) is 5.92 Å². The van der Waals surface area contributed by atoms with Crippen LogP contribution < -0.4 is 0 Å². The third-order valence-corrected chi connectivity index (χ3v) is 3.10. The van der Waals surface area contributed by atoms with Crippen molar-refractivity contribution < 1.29 is 19.3 Å². The van der Waals surface area contributed by atoms with Crippen LogP contribution in [0.5, 0.6) is 0 Å². The molecule has 0 aromatic carbocycles. The Bertz CT molecular complexity index is 225. The average Bonchev–Trinajstić information content (AvgIpc) is 2.20. The molecule has 4 heteroatoms. The van der Waals surface area contributed by atoms with Gasteiger partial charge in [0.15, 0.2) is 6.29 Å². The molecule has 0 bridgehead atoms. The highest BCUT2D eigenvalue weighted by Crippen LogP contribution is 2.31. The monoisotopic (exact) mass is 204 g/mol. The highest BCUT2D eigenvalue weighted by atomic mass is 16.7. The molecule has 3 unspecified atom stereocenters. The van der Waals surface area contributed by atoms with Crippen LogP contribution >= 0.6 is 0 Å². The second-order valence-electron chi connectivity index (χ2n) is 4.21. The van der Waals surface area contributed by atoms with Crippen LogP contribution in [0.3, 0.4) is 0 Å². The first-order valence-electron chi connectivity index (χ1n) is 5.58. The van der Waals surface area contributed by atoms with Gasteiger partial charge in [0.2, 0.25) is 1.43 Å². The molecule has 0 saturated carbocycles. The molecular weight excluding hydrogens is 184 g/mol.